The minimum atomic E-state index is -0.0710. The Morgan fingerprint density at radius 3 is 2.39 bits per heavy atom. The van der Waals surface area contributed by atoms with Gasteiger partial charge in [-0.15, -0.1) is 0 Å². The second-order valence-electron chi connectivity index (χ2n) is 5.07. The molecule has 0 aromatic heterocycles. The fourth-order valence-corrected chi connectivity index (χ4v) is 1.97. The molecule has 0 spiro atoms. The second-order valence-corrected chi connectivity index (χ2v) is 5.07. The molecule has 0 heterocycles. The van der Waals surface area contributed by atoms with Gasteiger partial charge in [-0.2, -0.15) is 0 Å². The molecule has 18 heavy (non-hydrogen) atoms. The molecular formula is C15H23NO2. The first-order chi connectivity index (χ1) is 8.54. The topological polar surface area (TPSA) is 49.3 Å². The molecule has 0 radical (unpaired) electrons. The number of amides is 1. The Bertz CT molecular complexity index is 364. The van der Waals surface area contributed by atoms with Crippen molar-refractivity contribution in [3.8, 4) is 0 Å². The highest BCUT2D eigenvalue weighted by atomic mass is 16.3. The monoisotopic (exact) mass is 249 g/mol. The van der Waals surface area contributed by atoms with Crippen LogP contribution in [0.3, 0.4) is 0 Å². The molecule has 0 bridgehead atoms. The number of rotatable bonds is 6. The van der Waals surface area contributed by atoms with Crippen molar-refractivity contribution in [1.29, 1.82) is 0 Å². The summed E-state index contributed by atoms with van der Waals surface area (Å²) >= 11 is 0. The average molecular weight is 249 g/mol. The highest BCUT2D eigenvalue weighted by molar-refractivity contribution is 5.78. The Labute approximate surface area is 109 Å². The van der Waals surface area contributed by atoms with E-state index in [9.17, 15) is 4.79 Å². The zero-order chi connectivity index (χ0) is 13.5. The minimum absolute atomic E-state index is 0.0191. The largest absolute Gasteiger partial charge is 0.396 e. The van der Waals surface area contributed by atoms with E-state index in [-0.39, 0.29) is 30.4 Å². The molecule has 0 aliphatic carbocycles. The van der Waals surface area contributed by atoms with Gasteiger partial charge in [-0.05, 0) is 24.8 Å². The van der Waals surface area contributed by atoms with Crippen LogP contribution in [-0.4, -0.2) is 17.6 Å². The highest BCUT2D eigenvalue weighted by Gasteiger charge is 2.18. The van der Waals surface area contributed by atoms with Crippen molar-refractivity contribution in [2.45, 2.75) is 33.2 Å². The van der Waals surface area contributed by atoms with E-state index in [2.05, 4.69) is 5.32 Å². The lowest BCUT2D eigenvalue weighted by Gasteiger charge is -2.19. The van der Waals surface area contributed by atoms with Gasteiger partial charge in [0.05, 0.1) is 6.04 Å². The van der Waals surface area contributed by atoms with Crippen LogP contribution in [0.1, 0.15) is 38.8 Å². The zero-order valence-corrected chi connectivity index (χ0v) is 11.4. The zero-order valence-electron chi connectivity index (χ0n) is 11.4. The van der Waals surface area contributed by atoms with E-state index in [0.29, 0.717) is 6.42 Å². The quantitative estimate of drug-likeness (QED) is 0.814. The molecule has 0 aliphatic rings. The van der Waals surface area contributed by atoms with Gasteiger partial charge in [0.15, 0.2) is 0 Å². The number of carbonyl (C=O) groups is 1. The number of carbonyl (C=O) groups excluding carboxylic acids is 1. The van der Waals surface area contributed by atoms with Crippen molar-refractivity contribution in [1.82, 2.24) is 5.32 Å². The third-order valence-corrected chi connectivity index (χ3v) is 3.17. The first-order valence-corrected chi connectivity index (χ1v) is 6.50. The number of benzene rings is 1. The molecule has 0 unspecified atom stereocenters. The van der Waals surface area contributed by atoms with Crippen LogP contribution in [0, 0.1) is 11.8 Å². The summed E-state index contributed by atoms with van der Waals surface area (Å²) in [5.74, 6) is 0.141. The van der Waals surface area contributed by atoms with Crippen LogP contribution >= 0.6 is 0 Å². The molecule has 0 fully saturated rings. The molecule has 0 saturated heterocycles. The van der Waals surface area contributed by atoms with Crippen LogP contribution in [0.5, 0.6) is 0 Å². The Hall–Kier alpha value is -1.35. The van der Waals surface area contributed by atoms with Crippen LogP contribution in [-0.2, 0) is 4.79 Å². The van der Waals surface area contributed by atoms with Gasteiger partial charge in [0.25, 0.3) is 0 Å². The Kier molecular flexibility index (Phi) is 5.86. The van der Waals surface area contributed by atoms with Crippen molar-refractivity contribution >= 4 is 5.91 Å². The van der Waals surface area contributed by atoms with Crippen molar-refractivity contribution in [2.75, 3.05) is 6.61 Å². The van der Waals surface area contributed by atoms with Crippen LogP contribution in [0.4, 0.5) is 0 Å². The predicted molar refractivity (Wildman–Crippen MR) is 73.0 cm³/mol. The molecule has 0 saturated carbocycles. The van der Waals surface area contributed by atoms with E-state index in [0.717, 1.165) is 5.56 Å². The van der Waals surface area contributed by atoms with Gasteiger partial charge >= 0.3 is 0 Å². The molecule has 3 atom stereocenters. The van der Waals surface area contributed by atoms with E-state index in [1.807, 2.05) is 51.1 Å². The summed E-state index contributed by atoms with van der Waals surface area (Å²) in [6.45, 7) is 5.96. The fraction of sp³-hybridized carbons (Fsp3) is 0.533. The Morgan fingerprint density at radius 1 is 1.22 bits per heavy atom. The third kappa shape index (κ3) is 4.49. The molecule has 3 heteroatoms. The molecule has 1 aromatic carbocycles. The smallest absolute Gasteiger partial charge is 0.223 e. The molecule has 0 aliphatic heterocycles. The predicted octanol–water partition coefficient (Wildman–Crippen LogP) is 2.52. The lowest BCUT2D eigenvalue weighted by Crippen LogP contribution is -2.32. The van der Waals surface area contributed by atoms with Crippen molar-refractivity contribution < 1.29 is 9.90 Å². The lowest BCUT2D eigenvalue weighted by atomic mass is 9.96. The normalized spacial score (nSPS) is 15.8. The fourth-order valence-electron chi connectivity index (χ4n) is 1.97. The first kappa shape index (κ1) is 14.7. The summed E-state index contributed by atoms with van der Waals surface area (Å²) in [7, 11) is 0. The lowest BCUT2D eigenvalue weighted by molar-refractivity contribution is -0.125. The maximum Gasteiger partial charge on any atom is 0.223 e. The summed E-state index contributed by atoms with van der Waals surface area (Å²) in [6, 6.07) is 9.93. The molecule has 2 N–H and O–H groups in total. The Morgan fingerprint density at radius 2 is 1.83 bits per heavy atom. The Balaban J connectivity index is 2.49. The summed E-state index contributed by atoms with van der Waals surface area (Å²) < 4.78 is 0. The van der Waals surface area contributed by atoms with E-state index >= 15 is 0 Å². The number of aliphatic hydroxyl groups excluding tert-OH is 1. The molecular weight excluding hydrogens is 226 g/mol. The third-order valence-electron chi connectivity index (χ3n) is 3.17. The van der Waals surface area contributed by atoms with Gasteiger partial charge < -0.3 is 10.4 Å². The SMILES string of the molecule is C[C@H](CO)C[C@@H](C)C(=O)N[C@H](C)c1ccccc1. The molecule has 100 valence electrons. The first-order valence-electron chi connectivity index (χ1n) is 6.50. The van der Waals surface area contributed by atoms with E-state index in [1.165, 1.54) is 0 Å². The van der Waals surface area contributed by atoms with Gasteiger partial charge in [-0.25, -0.2) is 0 Å². The summed E-state index contributed by atoms with van der Waals surface area (Å²) in [4.78, 5) is 12.0. The van der Waals surface area contributed by atoms with Crippen LogP contribution < -0.4 is 5.32 Å². The van der Waals surface area contributed by atoms with Crippen molar-refractivity contribution in [3.05, 3.63) is 35.9 Å². The van der Waals surface area contributed by atoms with Gasteiger partial charge in [-0.1, -0.05) is 44.2 Å². The van der Waals surface area contributed by atoms with Gasteiger partial charge in [-0.3, -0.25) is 4.79 Å². The van der Waals surface area contributed by atoms with Gasteiger partial charge in [0, 0.05) is 12.5 Å². The summed E-state index contributed by atoms with van der Waals surface area (Å²) in [5.41, 5.74) is 1.10. The molecule has 1 aromatic rings. The maximum absolute atomic E-state index is 12.0. The number of aliphatic hydroxyl groups is 1. The number of nitrogens with one attached hydrogen (secondary N) is 1. The van der Waals surface area contributed by atoms with E-state index in [1.54, 1.807) is 0 Å². The summed E-state index contributed by atoms with van der Waals surface area (Å²) in [6.07, 6.45) is 0.712. The molecule has 1 rings (SSSR count). The average Bonchev–Trinajstić information content (AvgIpc) is 2.39. The second kappa shape index (κ2) is 7.17. The standard InChI is InChI=1S/C15H23NO2/c1-11(10-17)9-12(2)15(18)16-13(3)14-7-5-4-6-8-14/h4-8,11-13,17H,9-10H2,1-3H3,(H,16,18)/t11-,12+,13+/m0/s1. The van der Waals surface area contributed by atoms with Crippen molar-refractivity contribution in [2.24, 2.45) is 11.8 Å². The summed E-state index contributed by atoms with van der Waals surface area (Å²) in [5, 5.41) is 12.0. The van der Waals surface area contributed by atoms with Gasteiger partial charge in [0.2, 0.25) is 5.91 Å². The number of hydrogen-bond acceptors (Lipinski definition) is 2. The van der Waals surface area contributed by atoms with Crippen LogP contribution in [0.15, 0.2) is 30.3 Å². The minimum Gasteiger partial charge on any atom is -0.396 e. The van der Waals surface area contributed by atoms with E-state index < -0.39 is 0 Å². The van der Waals surface area contributed by atoms with Crippen LogP contribution in [0.2, 0.25) is 0 Å². The number of hydrogen-bond donors (Lipinski definition) is 2. The van der Waals surface area contributed by atoms with Gasteiger partial charge in [0.1, 0.15) is 0 Å². The van der Waals surface area contributed by atoms with E-state index in [4.69, 9.17) is 5.11 Å². The molecule has 3 nitrogen and oxygen atoms in total. The molecule has 1 amide bonds. The van der Waals surface area contributed by atoms with Crippen LogP contribution in [0.25, 0.3) is 0 Å². The van der Waals surface area contributed by atoms with Crippen molar-refractivity contribution in [3.63, 3.8) is 0 Å². The highest BCUT2D eigenvalue weighted by Crippen LogP contribution is 2.15. The maximum atomic E-state index is 12.0.